The first-order chi connectivity index (χ1) is 16.2. The Morgan fingerprint density at radius 1 is 0.970 bits per heavy atom. The zero-order valence-corrected chi connectivity index (χ0v) is 19.6. The molecule has 0 aliphatic carbocycles. The van der Waals surface area contributed by atoms with Crippen LogP contribution in [0.15, 0.2) is 60.8 Å². The monoisotopic (exact) mass is 442 g/mol. The minimum atomic E-state index is 0.188. The van der Waals surface area contributed by atoms with Gasteiger partial charge in [0.1, 0.15) is 0 Å². The van der Waals surface area contributed by atoms with Gasteiger partial charge in [-0.1, -0.05) is 30.3 Å². The fourth-order valence-electron chi connectivity index (χ4n) is 5.40. The zero-order chi connectivity index (χ0) is 22.6. The van der Waals surface area contributed by atoms with E-state index in [2.05, 4.69) is 63.1 Å². The van der Waals surface area contributed by atoms with Crippen molar-refractivity contribution in [3.05, 3.63) is 77.5 Å². The number of carbonyl (C=O) groups is 1. The molecule has 5 nitrogen and oxygen atoms in total. The van der Waals surface area contributed by atoms with Gasteiger partial charge in [-0.05, 0) is 80.7 Å². The standard InChI is InChI=1S/C28H34N4O/c1-30-15-16-32(28(33)26-9-3-2-7-25(26)21-31-13-4-5-14-31)20-23(19-30)17-22-10-11-27-24(18-22)8-6-12-29-27/h2-3,6-12,18,23H,4-5,13-17,19-21H2,1H3/t23-/m1/s1. The number of hydrogen-bond acceptors (Lipinski definition) is 4. The van der Waals surface area contributed by atoms with Crippen molar-refractivity contribution in [1.82, 2.24) is 19.7 Å². The van der Waals surface area contributed by atoms with Crippen molar-refractivity contribution in [3.63, 3.8) is 0 Å². The Morgan fingerprint density at radius 2 is 1.82 bits per heavy atom. The van der Waals surface area contributed by atoms with Crippen LogP contribution in [0, 0.1) is 5.92 Å². The Labute approximate surface area is 197 Å². The molecule has 1 atom stereocenters. The lowest BCUT2D eigenvalue weighted by Crippen LogP contribution is -2.37. The summed E-state index contributed by atoms with van der Waals surface area (Å²) in [6.45, 7) is 6.66. The molecule has 5 heteroatoms. The van der Waals surface area contributed by atoms with Crippen LogP contribution in [0.1, 0.15) is 34.3 Å². The molecule has 172 valence electrons. The van der Waals surface area contributed by atoms with E-state index in [1.54, 1.807) is 0 Å². The Hall–Kier alpha value is -2.76. The minimum absolute atomic E-state index is 0.188. The molecule has 2 fully saturated rings. The van der Waals surface area contributed by atoms with Crippen molar-refractivity contribution >= 4 is 16.8 Å². The van der Waals surface area contributed by atoms with Gasteiger partial charge in [-0.3, -0.25) is 14.7 Å². The van der Waals surface area contributed by atoms with E-state index in [1.807, 2.05) is 24.4 Å². The zero-order valence-electron chi connectivity index (χ0n) is 19.6. The van der Waals surface area contributed by atoms with E-state index in [9.17, 15) is 4.79 Å². The van der Waals surface area contributed by atoms with Crippen LogP contribution in [0.3, 0.4) is 0 Å². The maximum atomic E-state index is 13.7. The van der Waals surface area contributed by atoms with E-state index in [0.717, 1.165) is 63.3 Å². The van der Waals surface area contributed by atoms with Crippen molar-refractivity contribution in [1.29, 1.82) is 0 Å². The number of likely N-dealkylation sites (N-methyl/N-ethyl adjacent to an activating group) is 1. The molecule has 1 amide bonds. The van der Waals surface area contributed by atoms with E-state index in [4.69, 9.17) is 0 Å². The molecule has 2 saturated heterocycles. The predicted molar refractivity (Wildman–Crippen MR) is 133 cm³/mol. The summed E-state index contributed by atoms with van der Waals surface area (Å²) < 4.78 is 0. The van der Waals surface area contributed by atoms with E-state index in [-0.39, 0.29) is 5.91 Å². The van der Waals surface area contributed by atoms with Crippen molar-refractivity contribution < 1.29 is 4.79 Å². The molecular formula is C28H34N4O. The molecule has 3 aromatic rings. The smallest absolute Gasteiger partial charge is 0.254 e. The van der Waals surface area contributed by atoms with Crippen LogP contribution in [0.25, 0.3) is 10.9 Å². The van der Waals surface area contributed by atoms with Crippen molar-refractivity contribution in [3.8, 4) is 0 Å². The summed E-state index contributed by atoms with van der Waals surface area (Å²) in [6.07, 6.45) is 5.34. The second-order valence-corrected chi connectivity index (χ2v) is 9.75. The Balaban J connectivity index is 1.33. The van der Waals surface area contributed by atoms with Gasteiger partial charge < -0.3 is 9.80 Å². The third-order valence-electron chi connectivity index (χ3n) is 7.12. The molecule has 2 aliphatic rings. The molecule has 5 rings (SSSR count). The summed E-state index contributed by atoms with van der Waals surface area (Å²) in [7, 11) is 2.17. The van der Waals surface area contributed by atoms with E-state index in [1.165, 1.54) is 29.4 Å². The van der Waals surface area contributed by atoms with Crippen LogP contribution in [0.4, 0.5) is 0 Å². The van der Waals surface area contributed by atoms with Crippen LogP contribution in [0.5, 0.6) is 0 Å². The van der Waals surface area contributed by atoms with Gasteiger partial charge in [0.05, 0.1) is 5.52 Å². The highest BCUT2D eigenvalue weighted by atomic mass is 16.2. The Kier molecular flexibility index (Phi) is 6.70. The summed E-state index contributed by atoms with van der Waals surface area (Å²) in [5.74, 6) is 0.592. The predicted octanol–water partition coefficient (Wildman–Crippen LogP) is 4.08. The second kappa shape index (κ2) is 10.0. The maximum Gasteiger partial charge on any atom is 0.254 e. The summed E-state index contributed by atoms with van der Waals surface area (Å²) in [6, 6.07) is 18.9. The minimum Gasteiger partial charge on any atom is -0.337 e. The van der Waals surface area contributed by atoms with E-state index < -0.39 is 0 Å². The third kappa shape index (κ3) is 5.26. The first-order valence-electron chi connectivity index (χ1n) is 12.3. The van der Waals surface area contributed by atoms with Gasteiger partial charge in [0.15, 0.2) is 0 Å². The van der Waals surface area contributed by atoms with Gasteiger partial charge in [-0.15, -0.1) is 0 Å². The topological polar surface area (TPSA) is 39.7 Å². The van der Waals surface area contributed by atoms with Gasteiger partial charge in [0.25, 0.3) is 5.91 Å². The van der Waals surface area contributed by atoms with Crippen molar-refractivity contribution in [2.45, 2.75) is 25.8 Å². The average molecular weight is 443 g/mol. The number of amides is 1. The van der Waals surface area contributed by atoms with Crippen molar-refractivity contribution in [2.75, 3.05) is 46.3 Å². The van der Waals surface area contributed by atoms with Gasteiger partial charge in [0.2, 0.25) is 0 Å². The molecule has 2 aromatic carbocycles. The SMILES string of the molecule is CN1CCN(C(=O)c2ccccc2CN2CCCC2)C[C@H](Cc2ccc3ncccc3c2)C1. The summed E-state index contributed by atoms with van der Waals surface area (Å²) >= 11 is 0. The normalized spacial score (nSPS) is 20.3. The summed E-state index contributed by atoms with van der Waals surface area (Å²) in [5.41, 5.74) is 4.40. The molecule has 0 bridgehead atoms. The first kappa shape index (κ1) is 22.1. The summed E-state index contributed by atoms with van der Waals surface area (Å²) in [5, 5.41) is 1.18. The molecule has 33 heavy (non-hydrogen) atoms. The average Bonchev–Trinajstić information content (AvgIpc) is 3.27. The van der Waals surface area contributed by atoms with Crippen LogP contribution < -0.4 is 0 Å². The number of fused-ring (bicyclic) bond motifs is 1. The van der Waals surface area contributed by atoms with Gasteiger partial charge in [-0.2, -0.15) is 0 Å². The number of benzene rings is 2. The van der Waals surface area contributed by atoms with E-state index >= 15 is 0 Å². The molecule has 2 aliphatic heterocycles. The van der Waals surface area contributed by atoms with Crippen LogP contribution in [-0.4, -0.2) is 71.9 Å². The number of pyridine rings is 1. The van der Waals surface area contributed by atoms with Gasteiger partial charge in [0, 0.05) is 49.9 Å². The first-order valence-corrected chi connectivity index (χ1v) is 12.3. The fourth-order valence-corrected chi connectivity index (χ4v) is 5.40. The number of nitrogens with zero attached hydrogens (tertiary/aromatic N) is 4. The van der Waals surface area contributed by atoms with Crippen molar-refractivity contribution in [2.24, 2.45) is 5.92 Å². The van der Waals surface area contributed by atoms with E-state index in [0.29, 0.717) is 5.92 Å². The van der Waals surface area contributed by atoms with Crippen LogP contribution in [-0.2, 0) is 13.0 Å². The number of carbonyl (C=O) groups excluding carboxylic acids is 1. The lowest BCUT2D eigenvalue weighted by Gasteiger charge is -2.26. The highest BCUT2D eigenvalue weighted by Crippen LogP contribution is 2.22. The quantitative estimate of drug-likeness (QED) is 0.597. The molecule has 0 N–H and O–H groups in total. The lowest BCUT2D eigenvalue weighted by molar-refractivity contribution is 0.0744. The second-order valence-electron chi connectivity index (χ2n) is 9.75. The third-order valence-corrected chi connectivity index (χ3v) is 7.12. The largest absolute Gasteiger partial charge is 0.337 e. The maximum absolute atomic E-state index is 13.7. The fraction of sp³-hybridized carbons (Fsp3) is 0.429. The number of rotatable bonds is 5. The number of hydrogen-bond donors (Lipinski definition) is 0. The highest BCUT2D eigenvalue weighted by molar-refractivity contribution is 5.95. The molecule has 1 aromatic heterocycles. The molecule has 0 radical (unpaired) electrons. The van der Waals surface area contributed by atoms with Gasteiger partial charge in [-0.25, -0.2) is 0 Å². The van der Waals surface area contributed by atoms with Crippen LogP contribution >= 0.6 is 0 Å². The Morgan fingerprint density at radius 3 is 2.70 bits per heavy atom. The molecular weight excluding hydrogens is 408 g/mol. The lowest BCUT2D eigenvalue weighted by atomic mass is 9.97. The molecule has 0 unspecified atom stereocenters. The van der Waals surface area contributed by atoms with Gasteiger partial charge >= 0.3 is 0 Å². The Bertz CT molecular complexity index is 1110. The summed E-state index contributed by atoms with van der Waals surface area (Å²) in [4.78, 5) is 25.1. The van der Waals surface area contributed by atoms with Crippen LogP contribution in [0.2, 0.25) is 0 Å². The number of likely N-dealkylation sites (tertiary alicyclic amines) is 1. The molecule has 0 spiro atoms. The molecule has 3 heterocycles. The highest BCUT2D eigenvalue weighted by Gasteiger charge is 2.27. The molecule has 0 saturated carbocycles. The number of aromatic nitrogens is 1.